The minimum absolute atomic E-state index is 0.0574. The lowest BCUT2D eigenvalue weighted by atomic mass is 10.1. The van der Waals surface area contributed by atoms with Crippen LogP contribution in [-0.2, 0) is 4.79 Å². The van der Waals surface area contributed by atoms with Crippen LogP contribution in [0.15, 0.2) is 54.6 Å². The third kappa shape index (κ3) is 2.64. The van der Waals surface area contributed by atoms with Crippen LogP contribution in [0.3, 0.4) is 0 Å². The second-order valence-electron chi connectivity index (χ2n) is 4.83. The number of nitrogens with one attached hydrogen (secondary N) is 1. The smallest absolute Gasteiger partial charge is 0.228 e. The average molecular weight is 272 g/mol. The van der Waals surface area contributed by atoms with E-state index < -0.39 is 0 Å². The predicted molar refractivity (Wildman–Crippen MR) is 77.4 cm³/mol. The van der Waals surface area contributed by atoms with Crippen molar-refractivity contribution in [3.05, 3.63) is 65.2 Å². The Morgan fingerprint density at radius 1 is 1.05 bits per heavy atom. The summed E-state index contributed by atoms with van der Waals surface area (Å²) in [5.74, 6) is 0.476. The number of para-hydroxylation sites is 1. The standard InChI is InChI=1S/C16H14ClNO/c17-14-8-4-5-9-15(14)18-16(19)13-10-12(13)11-6-2-1-3-7-11/h1-9,12-13H,10H2,(H,18,19)/t12-,13+/m0/s1. The zero-order valence-corrected chi connectivity index (χ0v) is 11.1. The minimum atomic E-state index is 0.0574. The Labute approximate surface area is 117 Å². The second-order valence-corrected chi connectivity index (χ2v) is 5.24. The van der Waals surface area contributed by atoms with Gasteiger partial charge < -0.3 is 5.32 Å². The molecule has 19 heavy (non-hydrogen) atoms. The molecule has 1 fully saturated rings. The molecule has 3 heteroatoms. The van der Waals surface area contributed by atoms with Crippen molar-refractivity contribution in [2.75, 3.05) is 5.32 Å². The number of anilines is 1. The molecule has 1 saturated carbocycles. The summed E-state index contributed by atoms with van der Waals surface area (Å²) >= 11 is 6.03. The summed E-state index contributed by atoms with van der Waals surface area (Å²) in [6, 6.07) is 17.5. The van der Waals surface area contributed by atoms with Gasteiger partial charge in [-0.3, -0.25) is 4.79 Å². The molecule has 0 unspecified atom stereocenters. The van der Waals surface area contributed by atoms with Gasteiger partial charge in [-0.05, 0) is 30.0 Å². The molecule has 3 rings (SSSR count). The number of carbonyl (C=O) groups excluding carboxylic acids is 1. The lowest BCUT2D eigenvalue weighted by molar-refractivity contribution is -0.117. The first-order valence-corrected chi connectivity index (χ1v) is 6.74. The minimum Gasteiger partial charge on any atom is -0.325 e. The average Bonchev–Trinajstić information content (AvgIpc) is 3.23. The van der Waals surface area contributed by atoms with Gasteiger partial charge in [0.1, 0.15) is 0 Å². The van der Waals surface area contributed by atoms with E-state index in [1.807, 2.05) is 36.4 Å². The first-order chi connectivity index (χ1) is 9.25. The molecule has 1 N–H and O–H groups in total. The van der Waals surface area contributed by atoms with Crippen LogP contribution in [0.4, 0.5) is 5.69 Å². The summed E-state index contributed by atoms with van der Waals surface area (Å²) in [5, 5.41) is 3.48. The van der Waals surface area contributed by atoms with E-state index in [4.69, 9.17) is 11.6 Å². The predicted octanol–water partition coefficient (Wildman–Crippen LogP) is 4.08. The molecular weight excluding hydrogens is 258 g/mol. The van der Waals surface area contributed by atoms with Gasteiger partial charge in [0.15, 0.2) is 0 Å². The van der Waals surface area contributed by atoms with Crippen molar-refractivity contribution in [3.63, 3.8) is 0 Å². The third-order valence-electron chi connectivity index (χ3n) is 3.49. The molecular formula is C16H14ClNO. The lowest BCUT2D eigenvalue weighted by Crippen LogP contribution is -2.14. The molecule has 0 saturated heterocycles. The summed E-state index contributed by atoms with van der Waals surface area (Å²) in [7, 11) is 0. The molecule has 2 nitrogen and oxygen atoms in total. The van der Waals surface area contributed by atoms with Crippen molar-refractivity contribution in [1.29, 1.82) is 0 Å². The zero-order chi connectivity index (χ0) is 13.2. The van der Waals surface area contributed by atoms with Crippen LogP contribution in [0.1, 0.15) is 17.9 Å². The van der Waals surface area contributed by atoms with Gasteiger partial charge in [-0.15, -0.1) is 0 Å². The Kier molecular flexibility index (Phi) is 3.26. The number of carbonyl (C=O) groups is 1. The Hall–Kier alpha value is -1.80. The van der Waals surface area contributed by atoms with Gasteiger partial charge in [-0.25, -0.2) is 0 Å². The van der Waals surface area contributed by atoms with Gasteiger partial charge in [0, 0.05) is 5.92 Å². The van der Waals surface area contributed by atoms with E-state index in [0.717, 1.165) is 6.42 Å². The molecule has 2 atom stereocenters. The van der Waals surface area contributed by atoms with Gasteiger partial charge in [0.2, 0.25) is 5.91 Å². The number of hydrogen-bond donors (Lipinski definition) is 1. The van der Waals surface area contributed by atoms with E-state index in [2.05, 4.69) is 17.4 Å². The molecule has 96 valence electrons. The van der Waals surface area contributed by atoms with Crippen LogP contribution in [0.25, 0.3) is 0 Å². The van der Waals surface area contributed by atoms with E-state index in [0.29, 0.717) is 16.6 Å². The fourth-order valence-electron chi connectivity index (χ4n) is 2.34. The largest absolute Gasteiger partial charge is 0.325 e. The SMILES string of the molecule is O=C(Nc1ccccc1Cl)[C@@H]1C[C@H]1c1ccccc1. The molecule has 2 aromatic rings. The number of halogens is 1. The van der Waals surface area contributed by atoms with Gasteiger partial charge >= 0.3 is 0 Å². The third-order valence-corrected chi connectivity index (χ3v) is 3.82. The number of rotatable bonds is 3. The summed E-state index contributed by atoms with van der Waals surface area (Å²) in [5.41, 5.74) is 1.93. The molecule has 2 aromatic carbocycles. The normalized spacial score (nSPS) is 20.9. The molecule has 1 aliphatic rings. The van der Waals surface area contributed by atoms with Gasteiger partial charge in [0.05, 0.1) is 10.7 Å². The van der Waals surface area contributed by atoms with Crippen molar-refractivity contribution in [3.8, 4) is 0 Å². The first-order valence-electron chi connectivity index (χ1n) is 6.36. The fraction of sp³-hybridized carbons (Fsp3) is 0.188. The molecule has 0 bridgehead atoms. The first kappa shape index (κ1) is 12.2. The van der Waals surface area contributed by atoms with E-state index in [-0.39, 0.29) is 11.8 Å². The van der Waals surface area contributed by atoms with Gasteiger partial charge in [0.25, 0.3) is 0 Å². The maximum atomic E-state index is 12.1. The van der Waals surface area contributed by atoms with Crippen molar-refractivity contribution in [2.45, 2.75) is 12.3 Å². The van der Waals surface area contributed by atoms with Crippen LogP contribution in [0.5, 0.6) is 0 Å². The molecule has 0 aliphatic heterocycles. The topological polar surface area (TPSA) is 29.1 Å². The Morgan fingerprint density at radius 2 is 1.74 bits per heavy atom. The Bertz CT molecular complexity index is 597. The van der Waals surface area contributed by atoms with E-state index in [1.54, 1.807) is 6.07 Å². The monoisotopic (exact) mass is 271 g/mol. The second kappa shape index (κ2) is 5.06. The lowest BCUT2D eigenvalue weighted by Gasteiger charge is -2.06. The number of hydrogen-bond acceptors (Lipinski definition) is 1. The molecule has 0 heterocycles. The fourth-order valence-corrected chi connectivity index (χ4v) is 2.52. The molecule has 1 amide bonds. The van der Waals surface area contributed by atoms with Crippen LogP contribution in [0, 0.1) is 5.92 Å². The van der Waals surface area contributed by atoms with Crippen molar-refractivity contribution in [1.82, 2.24) is 0 Å². The summed E-state index contributed by atoms with van der Waals surface area (Å²) in [4.78, 5) is 12.1. The summed E-state index contributed by atoms with van der Waals surface area (Å²) in [6.45, 7) is 0. The summed E-state index contributed by atoms with van der Waals surface area (Å²) < 4.78 is 0. The maximum Gasteiger partial charge on any atom is 0.228 e. The molecule has 0 aromatic heterocycles. The van der Waals surface area contributed by atoms with E-state index in [1.165, 1.54) is 5.56 Å². The molecule has 0 radical (unpaired) electrons. The zero-order valence-electron chi connectivity index (χ0n) is 10.3. The van der Waals surface area contributed by atoms with Crippen molar-refractivity contribution < 1.29 is 4.79 Å². The molecule has 1 aliphatic carbocycles. The van der Waals surface area contributed by atoms with Crippen molar-refractivity contribution in [2.24, 2.45) is 5.92 Å². The van der Waals surface area contributed by atoms with Crippen LogP contribution < -0.4 is 5.32 Å². The number of benzene rings is 2. The highest BCUT2D eigenvalue weighted by molar-refractivity contribution is 6.33. The highest BCUT2D eigenvalue weighted by Gasteiger charge is 2.43. The summed E-state index contributed by atoms with van der Waals surface area (Å²) in [6.07, 6.45) is 0.917. The van der Waals surface area contributed by atoms with Crippen molar-refractivity contribution >= 4 is 23.2 Å². The highest BCUT2D eigenvalue weighted by Crippen LogP contribution is 2.48. The molecule has 0 spiro atoms. The van der Waals surface area contributed by atoms with Crippen LogP contribution in [-0.4, -0.2) is 5.91 Å². The Balaban J connectivity index is 1.66. The highest BCUT2D eigenvalue weighted by atomic mass is 35.5. The van der Waals surface area contributed by atoms with E-state index in [9.17, 15) is 4.79 Å². The van der Waals surface area contributed by atoms with E-state index >= 15 is 0 Å². The Morgan fingerprint density at radius 3 is 2.47 bits per heavy atom. The van der Waals surface area contributed by atoms with Gasteiger partial charge in [-0.1, -0.05) is 54.1 Å². The van der Waals surface area contributed by atoms with Gasteiger partial charge in [-0.2, -0.15) is 0 Å². The van der Waals surface area contributed by atoms with Crippen LogP contribution in [0.2, 0.25) is 5.02 Å². The number of amides is 1. The van der Waals surface area contributed by atoms with Crippen LogP contribution >= 0.6 is 11.6 Å². The quantitative estimate of drug-likeness (QED) is 0.895. The maximum absolute atomic E-state index is 12.1.